The average Bonchev–Trinajstić information content (AvgIpc) is 2.47. The highest BCUT2D eigenvalue weighted by molar-refractivity contribution is 6.30. The van der Waals surface area contributed by atoms with Crippen LogP contribution in [0.4, 0.5) is 11.4 Å². The van der Waals surface area contributed by atoms with Crippen molar-refractivity contribution < 1.29 is 15.1 Å². The molecule has 22 heavy (non-hydrogen) atoms. The minimum Gasteiger partial charge on any atom is -0.366 e. The summed E-state index contributed by atoms with van der Waals surface area (Å²) in [6.45, 7) is 1.82. The number of aliphatic imine (C=N–C) groups is 1. The summed E-state index contributed by atoms with van der Waals surface area (Å²) in [6.07, 6.45) is 0. The number of carbonyl (C=O) groups excluding carboxylic acids is 1. The van der Waals surface area contributed by atoms with Gasteiger partial charge in [-0.3, -0.25) is 4.79 Å². The molecule has 0 saturated carbocycles. The molecule has 114 valence electrons. The number of hydrogen-bond donors (Lipinski definition) is 3. The van der Waals surface area contributed by atoms with Crippen LogP contribution in [0.25, 0.3) is 0 Å². The number of nitrogens with two attached hydrogens (primary N) is 1. The van der Waals surface area contributed by atoms with Crippen molar-refractivity contribution in [2.75, 3.05) is 7.05 Å². The zero-order valence-corrected chi connectivity index (χ0v) is 13.1. The van der Waals surface area contributed by atoms with E-state index in [0.29, 0.717) is 22.1 Å². The van der Waals surface area contributed by atoms with Gasteiger partial charge in [0.15, 0.2) is 5.69 Å². The van der Waals surface area contributed by atoms with Gasteiger partial charge in [-0.1, -0.05) is 29.8 Å². The number of benzene rings is 2. The number of primary amides is 1. The normalized spacial score (nSPS) is 13.0. The zero-order chi connectivity index (χ0) is 16.3. The second-order valence-electron chi connectivity index (χ2n) is 4.86. The summed E-state index contributed by atoms with van der Waals surface area (Å²) in [7, 11) is 1.54. The van der Waals surface area contributed by atoms with Gasteiger partial charge in [0.2, 0.25) is 0 Å². The Morgan fingerprint density at radius 3 is 2.41 bits per heavy atom. The molecule has 0 aromatic heterocycles. The lowest BCUT2D eigenvalue weighted by molar-refractivity contribution is -1.02. The summed E-state index contributed by atoms with van der Waals surface area (Å²) < 4.78 is 0. The molecular weight excluding hydrogens is 302 g/mol. The molecule has 0 spiro atoms. The lowest BCUT2D eigenvalue weighted by Crippen LogP contribution is -3.01. The number of para-hydroxylation sites is 1. The molecule has 1 unspecified atom stereocenters. The van der Waals surface area contributed by atoms with E-state index in [1.807, 2.05) is 19.1 Å². The highest BCUT2D eigenvalue weighted by Gasteiger charge is 2.18. The van der Waals surface area contributed by atoms with Gasteiger partial charge in [-0.05, 0) is 30.7 Å². The zero-order valence-electron chi connectivity index (χ0n) is 12.3. The van der Waals surface area contributed by atoms with Crippen LogP contribution in [0.2, 0.25) is 5.02 Å². The summed E-state index contributed by atoms with van der Waals surface area (Å²) >= 11 is 5.87. The van der Waals surface area contributed by atoms with Gasteiger partial charge in [-0.15, -0.1) is 0 Å². The first kappa shape index (κ1) is 16.2. The van der Waals surface area contributed by atoms with Crippen molar-refractivity contribution in [3.05, 3.63) is 58.6 Å². The highest BCUT2D eigenvalue weighted by Crippen LogP contribution is 2.27. The van der Waals surface area contributed by atoms with Crippen molar-refractivity contribution in [3.63, 3.8) is 0 Å². The predicted molar refractivity (Wildman–Crippen MR) is 86.6 cm³/mol. The Labute approximate surface area is 133 Å². The van der Waals surface area contributed by atoms with Crippen LogP contribution < -0.4 is 10.8 Å². The second-order valence-corrected chi connectivity index (χ2v) is 5.29. The molecule has 5 nitrogen and oxygen atoms in total. The minimum absolute atomic E-state index is 0.0748. The first-order valence-corrected chi connectivity index (χ1v) is 7.05. The van der Waals surface area contributed by atoms with Crippen LogP contribution in [0.1, 0.15) is 22.8 Å². The Balaban J connectivity index is 2.57. The molecule has 0 aliphatic rings. The lowest BCUT2D eigenvalue weighted by atomic mass is 10.1. The third-order valence-electron chi connectivity index (χ3n) is 3.23. The Kier molecular flexibility index (Phi) is 4.92. The molecule has 0 aliphatic heterocycles. The lowest BCUT2D eigenvalue weighted by Gasteiger charge is -2.11. The third-order valence-corrected chi connectivity index (χ3v) is 3.48. The Bertz CT molecular complexity index is 725. The molecule has 0 aliphatic carbocycles. The number of quaternary nitrogens is 1. The fourth-order valence-corrected chi connectivity index (χ4v) is 2.20. The number of hydrogen-bond acceptors (Lipinski definition) is 3. The summed E-state index contributed by atoms with van der Waals surface area (Å²) in [5.74, 6) is -0.592. The van der Waals surface area contributed by atoms with Gasteiger partial charge in [0.05, 0.1) is 5.56 Å². The first-order valence-electron chi connectivity index (χ1n) is 6.67. The van der Waals surface area contributed by atoms with Crippen molar-refractivity contribution in [3.8, 4) is 0 Å². The molecule has 6 heteroatoms. The maximum atomic E-state index is 11.6. The molecule has 0 saturated heterocycles. The van der Waals surface area contributed by atoms with Gasteiger partial charge in [0.25, 0.3) is 5.91 Å². The molecule has 4 N–H and O–H groups in total. The summed E-state index contributed by atoms with van der Waals surface area (Å²) in [5.41, 5.74) is 8.06. The number of nitrogens with zero attached hydrogens (tertiary/aromatic N) is 1. The van der Waals surface area contributed by atoms with Crippen LogP contribution in [0.3, 0.4) is 0 Å². The molecule has 0 radical (unpaired) electrons. The molecule has 0 heterocycles. The van der Waals surface area contributed by atoms with Crippen molar-refractivity contribution >= 4 is 34.6 Å². The molecule has 0 fully saturated rings. The molecule has 2 rings (SSSR count). The van der Waals surface area contributed by atoms with E-state index in [2.05, 4.69) is 4.99 Å². The smallest absolute Gasteiger partial charge is 0.251 e. The van der Waals surface area contributed by atoms with E-state index in [1.54, 1.807) is 30.3 Å². The summed E-state index contributed by atoms with van der Waals surface area (Å²) in [5, 5.41) is 10.5. The van der Waals surface area contributed by atoms with E-state index >= 15 is 0 Å². The maximum Gasteiger partial charge on any atom is 0.251 e. The van der Waals surface area contributed by atoms with Gasteiger partial charge in [-0.25, -0.2) is 10.2 Å². The second kappa shape index (κ2) is 6.70. The van der Waals surface area contributed by atoms with E-state index in [-0.39, 0.29) is 10.6 Å². The van der Waals surface area contributed by atoms with E-state index in [1.165, 1.54) is 7.05 Å². The fourth-order valence-electron chi connectivity index (χ4n) is 2.08. The maximum absolute atomic E-state index is 11.6. The van der Waals surface area contributed by atoms with Crippen LogP contribution in [0.5, 0.6) is 0 Å². The van der Waals surface area contributed by atoms with Crippen LogP contribution in [-0.4, -0.2) is 23.9 Å². The predicted octanol–water partition coefficient (Wildman–Crippen LogP) is 2.12. The number of carbonyl (C=O) groups is 1. The SMILES string of the molecule is CC(=Nc1c(C(N)=O)cccc1[NH+](C)O)c1ccc(Cl)cc1. The van der Waals surface area contributed by atoms with Gasteiger partial charge in [0, 0.05) is 16.8 Å². The van der Waals surface area contributed by atoms with E-state index in [9.17, 15) is 10.0 Å². The van der Waals surface area contributed by atoms with Crippen molar-refractivity contribution in [2.24, 2.45) is 10.7 Å². The monoisotopic (exact) mass is 318 g/mol. The van der Waals surface area contributed by atoms with Crippen molar-refractivity contribution in [2.45, 2.75) is 6.92 Å². The number of hydroxylamine groups is 1. The first-order chi connectivity index (χ1) is 10.4. The van der Waals surface area contributed by atoms with Crippen LogP contribution >= 0.6 is 11.6 Å². The van der Waals surface area contributed by atoms with Crippen LogP contribution in [0.15, 0.2) is 47.5 Å². The van der Waals surface area contributed by atoms with Crippen LogP contribution in [0, 0.1) is 0 Å². The largest absolute Gasteiger partial charge is 0.366 e. The number of amides is 1. The average molecular weight is 319 g/mol. The number of nitrogens with one attached hydrogen (secondary N) is 1. The number of rotatable bonds is 4. The Morgan fingerprint density at radius 1 is 1.23 bits per heavy atom. The van der Waals surface area contributed by atoms with Gasteiger partial charge in [0.1, 0.15) is 12.7 Å². The molecule has 2 aromatic rings. The van der Waals surface area contributed by atoms with Gasteiger partial charge < -0.3 is 5.73 Å². The van der Waals surface area contributed by atoms with E-state index < -0.39 is 5.91 Å². The highest BCUT2D eigenvalue weighted by atomic mass is 35.5. The van der Waals surface area contributed by atoms with Crippen molar-refractivity contribution in [1.29, 1.82) is 0 Å². The van der Waals surface area contributed by atoms with E-state index in [4.69, 9.17) is 17.3 Å². The molecule has 2 aromatic carbocycles. The quantitative estimate of drug-likeness (QED) is 0.596. The Hall–Kier alpha value is -2.21. The summed E-state index contributed by atoms with van der Waals surface area (Å²) in [6, 6.07) is 12.1. The fraction of sp³-hybridized carbons (Fsp3) is 0.125. The van der Waals surface area contributed by atoms with Gasteiger partial charge >= 0.3 is 0 Å². The Morgan fingerprint density at radius 2 is 1.86 bits per heavy atom. The van der Waals surface area contributed by atoms with E-state index in [0.717, 1.165) is 5.56 Å². The summed E-state index contributed by atoms with van der Waals surface area (Å²) in [4.78, 5) is 16.1. The van der Waals surface area contributed by atoms with Gasteiger partial charge in [-0.2, -0.15) is 5.06 Å². The molecular formula is C16H17ClN3O2+. The minimum atomic E-state index is -0.592. The molecule has 0 bridgehead atoms. The topological polar surface area (TPSA) is 80.1 Å². The standard InChI is InChI=1S/C16H16ClN3O2/c1-10(11-6-8-12(17)9-7-11)19-15-13(16(18)21)4-3-5-14(15)20(2)22/h3-9,22H,1-2H3,(H2,18,21)/p+1. The molecule has 1 atom stereocenters. The third kappa shape index (κ3) is 3.51. The van der Waals surface area contributed by atoms with Crippen molar-refractivity contribution in [1.82, 2.24) is 0 Å². The molecule has 1 amide bonds. The van der Waals surface area contributed by atoms with Crippen LogP contribution in [-0.2, 0) is 0 Å². The number of halogens is 1.